The lowest BCUT2D eigenvalue weighted by atomic mass is 10.00. The quantitative estimate of drug-likeness (QED) is 0.849. The molecular weight excluding hydrogens is 300 g/mol. The molecule has 7 heteroatoms. The molecule has 1 amide bonds. The Morgan fingerprint density at radius 3 is 2.91 bits per heavy atom. The van der Waals surface area contributed by atoms with Gasteiger partial charge in [-0.2, -0.15) is 0 Å². The summed E-state index contributed by atoms with van der Waals surface area (Å²) in [5.74, 6) is 0.862. The van der Waals surface area contributed by atoms with Crippen LogP contribution in [0.25, 0.3) is 10.6 Å². The number of benzene rings is 1. The molecule has 0 bridgehead atoms. The normalized spacial score (nSPS) is 13.5. The molecule has 2 aromatic rings. The molecule has 0 fully saturated rings. The highest BCUT2D eigenvalue weighted by molar-refractivity contribution is 7.18. The van der Waals surface area contributed by atoms with Crippen molar-refractivity contribution in [3.63, 3.8) is 0 Å². The molecular formula is C15H21N4O2S+. The SMILES string of the molecule is CC[C@H](C)[C@H]([NH3+])C(=O)Nc1nnc(-c2cccc(OC)c2)s1. The first kappa shape index (κ1) is 16.4. The smallest absolute Gasteiger partial charge is 0.284 e. The predicted octanol–water partition coefficient (Wildman–Crippen LogP) is 1.81. The van der Waals surface area contributed by atoms with Crippen molar-refractivity contribution in [2.75, 3.05) is 12.4 Å². The Hall–Kier alpha value is -1.99. The highest BCUT2D eigenvalue weighted by Crippen LogP contribution is 2.28. The largest absolute Gasteiger partial charge is 0.497 e. The van der Waals surface area contributed by atoms with Crippen LogP contribution in [0, 0.1) is 5.92 Å². The zero-order valence-electron chi connectivity index (χ0n) is 13.0. The van der Waals surface area contributed by atoms with Crippen LogP contribution in [0.4, 0.5) is 5.13 Å². The van der Waals surface area contributed by atoms with E-state index in [2.05, 4.69) is 21.2 Å². The summed E-state index contributed by atoms with van der Waals surface area (Å²) in [7, 11) is 1.62. The van der Waals surface area contributed by atoms with Gasteiger partial charge in [-0.3, -0.25) is 10.1 Å². The van der Waals surface area contributed by atoms with E-state index in [9.17, 15) is 4.79 Å². The number of rotatable bonds is 6. The zero-order valence-corrected chi connectivity index (χ0v) is 13.8. The molecule has 118 valence electrons. The van der Waals surface area contributed by atoms with Gasteiger partial charge in [-0.1, -0.05) is 37.3 Å². The highest BCUT2D eigenvalue weighted by Gasteiger charge is 2.24. The second-order valence-electron chi connectivity index (χ2n) is 5.13. The summed E-state index contributed by atoms with van der Waals surface area (Å²) in [6, 6.07) is 7.28. The Labute approximate surface area is 133 Å². The number of nitrogens with one attached hydrogen (secondary N) is 1. The number of anilines is 1. The van der Waals surface area contributed by atoms with Crippen molar-refractivity contribution in [2.45, 2.75) is 26.3 Å². The maximum Gasteiger partial charge on any atom is 0.284 e. The zero-order chi connectivity index (χ0) is 16.1. The molecule has 1 aromatic carbocycles. The van der Waals surface area contributed by atoms with Crippen LogP contribution >= 0.6 is 11.3 Å². The Morgan fingerprint density at radius 1 is 1.45 bits per heavy atom. The minimum absolute atomic E-state index is 0.123. The van der Waals surface area contributed by atoms with Gasteiger partial charge < -0.3 is 10.5 Å². The highest BCUT2D eigenvalue weighted by atomic mass is 32.1. The van der Waals surface area contributed by atoms with Gasteiger partial charge in [0, 0.05) is 11.5 Å². The van der Waals surface area contributed by atoms with Gasteiger partial charge in [-0.25, -0.2) is 0 Å². The number of carbonyl (C=O) groups excluding carboxylic acids is 1. The lowest BCUT2D eigenvalue weighted by molar-refractivity contribution is -0.414. The molecule has 0 aliphatic heterocycles. The van der Waals surface area contributed by atoms with Gasteiger partial charge in [0.05, 0.1) is 7.11 Å². The van der Waals surface area contributed by atoms with Crippen LogP contribution in [0.3, 0.4) is 0 Å². The number of hydrogen-bond acceptors (Lipinski definition) is 5. The van der Waals surface area contributed by atoms with Crippen molar-refractivity contribution < 1.29 is 15.3 Å². The number of nitrogens with zero attached hydrogens (tertiary/aromatic N) is 2. The van der Waals surface area contributed by atoms with Gasteiger partial charge in [-0.05, 0) is 18.6 Å². The number of carbonyl (C=O) groups is 1. The fourth-order valence-electron chi connectivity index (χ4n) is 1.89. The average molecular weight is 321 g/mol. The molecule has 1 heterocycles. The number of ether oxygens (including phenoxy) is 1. The van der Waals surface area contributed by atoms with Crippen LogP contribution in [-0.2, 0) is 4.79 Å². The number of methoxy groups -OCH3 is 1. The van der Waals surface area contributed by atoms with Crippen molar-refractivity contribution >= 4 is 22.4 Å². The molecule has 0 unspecified atom stereocenters. The second-order valence-corrected chi connectivity index (χ2v) is 6.10. The molecule has 2 atom stereocenters. The molecule has 0 saturated carbocycles. The summed E-state index contributed by atoms with van der Waals surface area (Å²) in [5, 5.41) is 12.1. The third-order valence-electron chi connectivity index (χ3n) is 3.64. The van der Waals surface area contributed by atoms with Gasteiger partial charge in [0.15, 0.2) is 6.04 Å². The summed E-state index contributed by atoms with van der Waals surface area (Å²) in [4.78, 5) is 12.1. The van der Waals surface area contributed by atoms with Crippen molar-refractivity contribution in [1.29, 1.82) is 0 Å². The predicted molar refractivity (Wildman–Crippen MR) is 86.7 cm³/mol. The van der Waals surface area contributed by atoms with E-state index in [0.717, 1.165) is 22.7 Å². The van der Waals surface area contributed by atoms with Gasteiger partial charge in [-0.15, -0.1) is 10.2 Å². The third kappa shape index (κ3) is 3.80. The average Bonchev–Trinajstić information content (AvgIpc) is 3.01. The summed E-state index contributed by atoms with van der Waals surface area (Å²) in [6.45, 7) is 4.06. The lowest BCUT2D eigenvalue weighted by Crippen LogP contribution is -2.69. The minimum Gasteiger partial charge on any atom is -0.497 e. The van der Waals surface area contributed by atoms with Crippen LogP contribution in [0.1, 0.15) is 20.3 Å². The lowest BCUT2D eigenvalue weighted by Gasteiger charge is -2.13. The van der Waals surface area contributed by atoms with E-state index in [-0.39, 0.29) is 17.9 Å². The van der Waals surface area contributed by atoms with Gasteiger partial charge in [0.25, 0.3) is 5.91 Å². The number of quaternary nitrogens is 1. The first-order chi connectivity index (χ1) is 10.5. The number of amides is 1. The van der Waals surface area contributed by atoms with Crippen LogP contribution in [0.15, 0.2) is 24.3 Å². The summed E-state index contributed by atoms with van der Waals surface area (Å²) in [6.07, 6.45) is 0.909. The molecule has 0 saturated heterocycles. The second kappa shape index (κ2) is 7.33. The molecule has 0 aliphatic rings. The van der Waals surface area contributed by atoms with Crippen LogP contribution < -0.4 is 15.8 Å². The van der Waals surface area contributed by atoms with E-state index in [0.29, 0.717) is 5.13 Å². The van der Waals surface area contributed by atoms with E-state index in [4.69, 9.17) is 4.74 Å². The van der Waals surface area contributed by atoms with Crippen molar-refractivity contribution in [3.05, 3.63) is 24.3 Å². The molecule has 22 heavy (non-hydrogen) atoms. The monoisotopic (exact) mass is 321 g/mol. The molecule has 0 radical (unpaired) electrons. The summed E-state index contributed by atoms with van der Waals surface area (Å²) < 4.78 is 5.20. The Kier molecular flexibility index (Phi) is 5.46. The maximum absolute atomic E-state index is 12.1. The van der Waals surface area contributed by atoms with Crippen LogP contribution in [0.2, 0.25) is 0 Å². The third-order valence-corrected chi connectivity index (χ3v) is 4.53. The van der Waals surface area contributed by atoms with E-state index in [1.807, 2.05) is 38.1 Å². The molecule has 6 nitrogen and oxygen atoms in total. The van der Waals surface area contributed by atoms with Crippen LogP contribution in [-0.4, -0.2) is 29.3 Å². The Morgan fingerprint density at radius 2 is 2.23 bits per heavy atom. The van der Waals surface area contributed by atoms with Crippen molar-refractivity contribution in [3.8, 4) is 16.3 Å². The van der Waals surface area contributed by atoms with E-state index in [1.54, 1.807) is 7.11 Å². The van der Waals surface area contributed by atoms with Crippen molar-refractivity contribution in [1.82, 2.24) is 10.2 Å². The number of aromatic nitrogens is 2. The number of hydrogen-bond donors (Lipinski definition) is 2. The fraction of sp³-hybridized carbons (Fsp3) is 0.400. The molecule has 0 aliphatic carbocycles. The summed E-state index contributed by atoms with van der Waals surface area (Å²) in [5.41, 5.74) is 4.83. The van der Waals surface area contributed by atoms with E-state index in [1.165, 1.54) is 11.3 Å². The topological polar surface area (TPSA) is 91.8 Å². The first-order valence-electron chi connectivity index (χ1n) is 7.17. The van der Waals surface area contributed by atoms with Crippen LogP contribution in [0.5, 0.6) is 5.75 Å². The molecule has 1 aromatic heterocycles. The minimum atomic E-state index is -0.297. The standard InChI is InChI=1S/C15H20N4O2S/c1-4-9(2)12(16)13(20)17-15-19-18-14(22-15)10-6-5-7-11(8-10)21-3/h5-9,12H,4,16H2,1-3H3,(H,17,19,20)/p+1/t9-,12-/m0/s1. The molecule has 0 spiro atoms. The molecule has 2 rings (SSSR count). The van der Waals surface area contributed by atoms with E-state index >= 15 is 0 Å². The first-order valence-corrected chi connectivity index (χ1v) is 7.98. The Bertz CT molecular complexity index is 644. The van der Waals surface area contributed by atoms with Gasteiger partial charge >= 0.3 is 0 Å². The fourth-order valence-corrected chi connectivity index (χ4v) is 2.63. The van der Waals surface area contributed by atoms with Gasteiger partial charge in [0.1, 0.15) is 10.8 Å². The van der Waals surface area contributed by atoms with Crippen molar-refractivity contribution in [2.24, 2.45) is 5.92 Å². The molecule has 4 N–H and O–H groups in total. The Balaban J connectivity index is 2.09. The summed E-state index contributed by atoms with van der Waals surface area (Å²) >= 11 is 1.33. The van der Waals surface area contributed by atoms with E-state index < -0.39 is 0 Å². The van der Waals surface area contributed by atoms with Gasteiger partial charge in [0.2, 0.25) is 5.13 Å². The maximum atomic E-state index is 12.1.